The molecule has 44 heavy (non-hydrogen) atoms. The Hall–Kier alpha value is -4.45. The molecule has 0 saturated heterocycles. The highest BCUT2D eigenvalue weighted by atomic mass is 32.2. The molecule has 3 aromatic carbocycles. The van der Waals surface area contributed by atoms with Crippen LogP contribution in [0.15, 0.2) is 71.6 Å². The molecular weight excluding hydrogens is 586 g/mol. The van der Waals surface area contributed by atoms with Crippen LogP contribution in [0.5, 0.6) is 23.0 Å². The molecule has 1 atom stereocenters. The molecule has 3 rings (SSSR count). The Kier molecular flexibility index (Phi) is 12.3. The van der Waals surface area contributed by atoms with E-state index < -0.39 is 28.5 Å². The molecule has 0 aromatic heterocycles. The number of nitrogens with zero attached hydrogens (tertiary/aromatic N) is 2. The number of carbonyl (C=O) groups excluding carboxylic acids is 2. The highest BCUT2D eigenvalue weighted by molar-refractivity contribution is 7.92. The van der Waals surface area contributed by atoms with Gasteiger partial charge in [0.05, 0.1) is 38.5 Å². The summed E-state index contributed by atoms with van der Waals surface area (Å²) in [6.45, 7) is 5.76. The van der Waals surface area contributed by atoms with Crippen LogP contribution >= 0.6 is 0 Å². The highest BCUT2D eigenvalue weighted by Gasteiger charge is 2.34. The minimum absolute atomic E-state index is 0.0754. The molecule has 0 aliphatic heterocycles. The molecular formula is C32H41N3O8S. The predicted molar refractivity (Wildman–Crippen MR) is 168 cm³/mol. The number of amides is 2. The van der Waals surface area contributed by atoms with E-state index in [1.165, 1.54) is 37.3 Å². The summed E-state index contributed by atoms with van der Waals surface area (Å²) in [6, 6.07) is 16.9. The third-order valence-corrected chi connectivity index (χ3v) is 8.68. The number of sulfonamides is 1. The number of ether oxygens (including phenoxy) is 4. The summed E-state index contributed by atoms with van der Waals surface area (Å²) in [5.41, 5.74) is 0.990. The summed E-state index contributed by atoms with van der Waals surface area (Å²) in [5, 5.41) is 2.79. The lowest BCUT2D eigenvalue weighted by Gasteiger charge is -2.33. The van der Waals surface area contributed by atoms with Crippen LogP contribution < -0.4 is 28.6 Å². The molecule has 0 heterocycles. The normalized spacial score (nSPS) is 11.7. The molecule has 0 radical (unpaired) electrons. The number of hydrogen-bond donors (Lipinski definition) is 1. The van der Waals surface area contributed by atoms with Gasteiger partial charge in [-0.2, -0.15) is 0 Å². The van der Waals surface area contributed by atoms with Gasteiger partial charge in [0.2, 0.25) is 11.8 Å². The van der Waals surface area contributed by atoms with Crippen LogP contribution in [0.3, 0.4) is 0 Å². The number of benzene rings is 3. The number of likely N-dealkylation sites (N-methyl/N-ethyl adjacent to an activating group) is 1. The van der Waals surface area contributed by atoms with E-state index in [1.54, 1.807) is 69.5 Å². The maximum absolute atomic E-state index is 14.2. The van der Waals surface area contributed by atoms with Crippen molar-refractivity contribution in [3.05, 3.63) is 72.3 Å². The van der Waals surface area contributed by atoms with Gasteiger partial charge in [0.1, 0.15) is 24.1 Å². The van der Waals surface area contributed by atoms with Crippen LogP contribution in [0, 0.1) is 0 Å². The Bertz CT molecular complexity index is 1490. The molecule has 2 amide bonds. The van der Waals surface area contributed by atoms with Crippen molar-refractivity contribution in [2.75, 3.05) is 45.3 Å². The summed E-state index contributed by atoms with van der Waals surface area (Å²) in [5.74, 6) is 0.882. The fraction of sp³-hybridized carbons (Fsp3) is 0.375. The van der Waals surface area contributed by atoms with E-state index in [4.69, 9.17) is 18.9 Å². The van der Waals surface area contributed by atoms with E-state index in [0.717, 1.165) is 9.87 Å². The molecule has 0 aliphatic rings. The molecule has 1 unspecified atom stereocenters. The van der Waals surface area contributed by atoms with E-state index in [2.05, 4.69) is 5.32 Å². The molecule has 0 fully saturated rings. The average Bonchev–Trinajstić information content (AvgIpc) is 3.04. The largest absolute Gasteiger partial charge is 0.497 e. The van der Waals surface area contributed by atoms with Gasteiger partial charge in [0.15, 0.2) is 11.5 Å². The lowest BCUT2D eigenvalue weighted by molar-refractivity contribution is -0.140. The molecule has 0 bridgehead atoms. The number of carbonyl (C=O) groups is 2. The molecule has 3 aromatic rings. The molecule has 11 nitrogen and oxygen atoms in total. The van der Waals surface area contributed by atoms with Crippen molar-refractivity contribution in [2.24, 2.45) is 0 Å². The van der Waals surface area contributed by atoms with Gasteiger partial charge in [-0.1, -0.05) is 19.1 Å². The third kappa shape index (κ3) is 8.13. The zero-order valence-corrected chi connectivity index (χ0v) is 26.8. The Morgan fingerprint density at radius 2 is 1.45 bits per heavy atom. The summed E-state index contributed by atoms with van der Waals surface area (Å²) in [7, 11) is 0.0987. The van der Waals surface area contributed by atoms with Crippen LogP contribution in [0.4, 0.5) is 5.69 Å². The number of hydrogen-bond acceptors (Lipinski definition) is 8. The predicted octanol–water partition coefficient (Wildman–Crippen LogP) is 4.25. The third-order valence-electron chi connectivity index (χ3n) is 6.91. The lowest BCUT2D eigenvalue weighted by Crippen LogP contribution is -2.52. The van der Waals surface area contributed by atoms with Crippen molar-refractivity contribution >= 4 is 27.5 Å². The van der Waals surface area contributed by atoms with Gasteiger partial charge in [0.25, 0.3) is 10.0 Å². The van der Waals surface area contributed by atoms with Gasteiger partial charge in [-0.05, 0) is 74.4 Å². The number of rotatable bonds is 16. The Labute approximate surface area is 259 Å². The van der Waals surface area contributed by atoms with Gasteiger partial charge >= 0.3 is 0 Å². The standard InChI is InChI=1S/C32H41N3O8S/c1-7-28(32(37)33-8-2)34(21-23-10-14-25(40-4)15-11-23)31(36)22-35(24-12-16-26(17-13-24)43-9-3)44(38,39)27-18-19-29(41-5)30(20-27)42-6/h10-20,28H,7-9,21-22H2,1-6H3,(H,33,37). The van der Waals surface area contributed by atoms with Crippen molar-refractivity contribution in [1.29, 1.82) is 0 Å². The minimum atomic E-state index is -4.32. The Balaban J connectivity index is 2.10. The topological polar surface area (TPSA) is 124 Å². The van der Waals surface area contributed by atoms with Crippen LogP contribution in [0.25, 0.3) is 0 Å². The van der Waals surface area contributed by atoms with Crippen LogP contribution in [0.1, 0.15) is 32.8 Å². The van der Waals surface area contributed by atoms with Crippen molar-refractivity contribution in [1.82, 2.24) is 10.2 Å². The van der Waals surface area contributed by atoms with Gasteiger partial charge < -0.3 is 29.2 Å². The first-order chi connectivity index (χ1) is 21.1. The first-order valence-corrected chi connectivity index (χ1v) is 15.7. The Morgan fingerprint density at radius 3 is 2.00 bits per heavy atom. The zero-order chi connectivity index (χ0) is 32.3. The summed E-state index contributed by atoms with van der Waals surface area (Å²) < 4.78 is 50.9. The van der Waals surface area contributed by atoms with Crippen LogP contribution in [0.2, 0.25) is 0 Å². The number of nitrogens with one attached hydrogen (secondary N) is 1. The second-order valence-corrected chi connectivity index (χ2v) is 11.5. The van der Waals surface area contributed by atoms with Crippen LogP contribution in [-0.2, 0) is 26.2 Å². The average molecular weight is 628 g/mol. The Morgan fingerprint density at radius 1 is 0.818 bits per heavy atom. The quantitative estimate of drug-likeness (QED) is 0.250. The smallest absolute Gasteiger partial charge is 0.264 e. The van der Waals surface area contributed by atoms with Crippen molar-refractivity contribution < 1.29 is 37.0 Å². The SMILES string of the molecule is CCNC(=O)C(CC)N(Cc1ccc(OC)cc1)C(=O)CN(c1ccc(OCC)cc1)S(=O)(=O)c1ccc(OC)c(OC)c1. The molecule has 0 spiro atoms. The first kappa shape index (κ1) is 34.0. The van der Waals surface area contributed by atoms with Crippen molar-refractivity contribution in [3.8, 4) is 23.0 Å². The van der Waals surface area contributed by atoms with E-state index >= 15 is 0 Å². The van der Waals surface area contributed by atoms with Gasteiger partial charge in [-0.3, -0.25) is 13.9 Å². The molecule has 0 aliphatic carbocycles. The van der Waals surface area contributed by atoms with Crippen molar-refractivity contribution in [2.45, 2.75) is 44.7 Å². The maximum atomic E-state index is 14.2. The summed E-state index contributed by atoms with van der Waals surface area (Å²) >= 11 is 0. The van der Waals surface area contributed by atoms with Gasteiger partial charge in [0, 0.05) is 19.2 Å². The van der Waals surface area contributed by atoms with E-state index in [-0.39, 0.29) is 28.8 Å². The maximum Gasteiger partial charge on any atom is 0.264 e. The fourth-order valence-corrected chi connectivity index (χ4v) is 6.08. The van der Waals surface area contributed by atoms with Crippen LogP contribution in [-0.4, -0.2) is 72.2 Å². The van der Waals surface area contributed by atoms with Crippen molar-refractivity contribution in [3.63, 3.8) is 0 Å². The lowest BCUT2D eigenvalue weighted by atomic mass is 10.1. The second kappa shape index (κ2) is 15.9. The minimum Gasteiger partial charge on any atom is -0.497 e. The second-order valence-electron chi connectivity index (χ2n) is 9.64. The first-order valence-electron chi connectivity index (χ1n) is 14.3. The number of methoxy groups -OCH3 is 3. The zero-order valence-electron chi connectivity index (χ0n) is 26.0. The van der Waals surface area contributed by atoms with Gasteiger partial charge in [-0.15, -0.1) is 0 Å². The number of anilines is 1. The molecule has 1 N–H and O–H groups in total. The molecule has 12 heteroatoms. The van der Waals surface area contributed by atoms with E-state index in [1.807, 2.05) is 6.92 Å². The van der Waals surface area contributed by atoms with E-state index in [0.29, 0.717) is 36.8 Å². The summed E-state index contributed by atoms with van der Waals surface area (Å²) in [4.78, 5) is 28.6. The van der Waals surface area contributed by atoms with Gasteiger partial charge in [-0.25, -0.2) is 8.42 Å². The summed E-state index contributed by atoms with van der Waals surface area (Å²) in [6.07, 6.45) is 0.319. The monoisotopic (exact) mass is 627 g/mol. The highest BCUT2D eigenvalue weighted by Crippen LogP contribution is 2.33. The van der Waals surface area contributed by atoms with E-state index in [9.17, 15) is 18.0 Å². The molecule has 238 valence electrons. The molecule has 0 saturated carbocycles. The fourth-order valence-electron chi connectivity index (χ4n) is 4.65.